The molecule has 0 radical (unpaired) electrons. The van der Waals surface area contributed by atoms with Gasteiger partial charge in [-0.2, -0.15) is 0 Å². The van der Waals surface area contributed by atoms with Crippen LogP contribution in [0.1, 0.15) is 44.6 Å². The number of nitrogens with one attached hydrogen (secondary N) is 2. The van der Waals surface area contributed by atoms with Crippen LogP contribution in [0, 0.1) is 11.8 Å². The fourth-order valence-electron chi connectivity index (χ4n) is 4.25. The summed E-state index contributed by atoms with van der Waals surface area (Å²) >= 11 is 0. The molecule has 0 aliphatic heterocycles. The van der Waals surface area contributed by atoms with Gasteiger partial charge in [0.05, 0.1) is 6.04 Å². The molecule has 0 spiro atoms. The summed E-state index contributed by atoms with van der Waals surface area (Å²) in [5, 5.41) is 8.78. The lowest BCUT2D eigenvalue weighted by Crippen LogP contribution is -2.42. The van der Waals surface area contributed by atoms with E-state index in [1.165, 1.54) is 0 Å². The van der Waals surface area contributed by atoms with Crippen molar-refractivity contribution >= 4 is 23.0 Å². The van der Waals surface area contributed by atoms with Crippen LogP contribution >= 0.6 is 0 Å². The molecule has 4 heteroatoms. The predicted octanol–water partition coefficient (Wildman–Crippen LogP) is 3.87. The fourth-order valence-corrected chi connectivity index (χ4v) is 4.25. The van der Waals surface area contributed by atoms with Crippen LogP contribution in [0.5, 0.6) is 0 Å². The lowest BCUT2D eigenvalue weighted by Gasteiger charge is -2.28. The molecule has 28 heavy (non-hydrogen) atoms. The number of rotatable bonds is 9. The van der Waals surface area contributed by atoms with Gasteiger partial charge in [0.1, 0.15) is 6.29 Å². The molecular formula is C24H32N2O2. The summed E-state index contributed by atoms with van der Waals surface area (Å²) in [6, 6.07) is 13.8. The van der Waals surface area contributed by atoms with Crippen molar-refractivity contribution in [2.45, 2.75) is 51.5 Å². The number of amides is 1. The molecule has 1 saturated carbocycles. The highest BCUT2D eigenvalue weighted by atomic mass is 16.2. The zero-order valence-electron chi connectivity index (χ0n) is 16.8. The quantitative estimate of drug-likeness (QED) is 0.513. The van der Waals surface area contributed by atoms with Crippen molar-refractivity contribution in [1.29, 1.82) is 0 Å². The summed E-state index contributed by atoms with van der Waals surface area (Å²) in [5.74, 6) is 0.753. The van der Waals surface area contributed by atoms with Gasteiger partial charge < -0.3 is 15.4 Å². The van der Waals surface area contributed by atoms with Crippen molar-refractivity contribution in [3.05, 3.63) is 48.0 Å². The first-order valence-corrected chi connectivity index (χ1v) is 10.6. The maximum atomic E-state index is 12.7. The molecule has 150 valence electrons. The van der Waals surface area contributed by atoms with Gasteiger partial charge in [-0.1, -0.05) is 49.4 Å². The molecule has 0 saturated heterocycles. The van der Waals surface area contributed by atoms with E-state index < -0.39 is 6.04 Å². The Labute approximate surface area is 168 Å². The summed E-state index contributed by atoms with van der Waals surface area (Å²) in [6.45, 7) is 4.30. The lowest BCUT2D eigenvalue weighted by atomic mass is 9.81. The van der Waals surface area contributed by atoms with E-state index in [4.69, 9.17) is 0 Å². The average molecular weight is 381 g/mol. The largest absolute Gasteiger partial charge is 0.346 e. The first-order valence-electron chi connectivity index (χ1n) is 10.6. The summed E-state index contributed by atoms with van der Waals surface area (Å²) in [7, 11) is 0. The van der Waals surface area contributed by atoms with Crippen LogP contribution in [0.3, 0.4) is 0 Å². The third-order valence-electron chi connectivity index (χ3n) is 5.89. The second kappa shape index (κ2) is 10.4. The SMILES string of the molecule is CCCNCC1CCC(C(=O)NC(C=O)Cc2cccc3ccccc23)CC1. The van der Waals surface area contributed by atoms with Crippen LogP contribution in [0.15, 0.2) is 42.5 Å². The number of carbonyl (C=O) groups is 2. The summed E-state index contributed by atoms with van der Waals surface area (Å²) in [4.78, 5) is 24.3. The molecule has 1 unspecified atom stereocenters. The van der Waals surface area contributed by atoms with Gasteiger partial charge in [-0.3, -0.25) is 4.79 Å². The molecule has 3 rings (SSSR count). The van der Waals surface area contributed by atoms with Crippen LogP contribution in [-0.2, 0) is 16.0 Å². The number of hydrogen-bond donors (Lipinski definition) is 2. The molecule has 1 fully saturated rings. The van der Waals surface area contributed by atoms with Gasteiger partial charge in [0, 0.05) is 12.3 Å². The zero-order chi connectivity index (χ0) is 19.8. The normalized spacial score (nSPS) is 20.6. The Balaban J connectivity index is 1.53. The summed E-state index contributed by atoms with van der Waals surface area (Å²) in [5.41, 5.74) is 1.10. The topological polar surface area (TPSA) is 58.2 Å². The van der Waals surface area contributed by atoms with E-state index in [1.807, 2.05) is 24.3 Å². The second-order valence-corrected chi connectivity index (χ2v) is 8.02. The van der Waals surface area contributed by atoms with Gasteiger partial charge in [0.15, 0.2) is 0 Å². The minimum atomic E-state index is -0.470. The molecule has 1 aliphatic carbocycles. The van der Waals surface area contributed by atoms with E-state index in [-0.39, 0.29) is 11.8 Å². The Hall–Kier alpha value is -2.20. The molecule has 2 aromatic rings. The van der Waals surface area contributed by atoms with Gasteiger partial charge in [-0.05, 0) is 67.4 Å². The smallest absolute Gasteiger partial charge is 0.223 e. The van der Waals surface area contributed by atoms with E-state index in [0.29, 0.717) is 12.3 Å². The third-order valence-corrected chi connectivity index (χ3v) is 5.89. The van der Waals surface area contributed by atoms with Crippen molar-refractivity contribution < 1.29 is 9.59 Å². The fraction of sp³-hybridized carbons (Fsp3) is 0.500. The third kappa shape index (κ3) is 5.41. The zero-order valence-corrected chi connectivity index (χ0v) is 16.8. The molecule has 1 aliphatic rings. The molecular weight excluding hydrogens is 348 g/mol. The van der Waals surface area contributed by atoms with E-state index >= 15 is 0 Å². The highest BCUT2D eigenvalue weighted by molar-refractivity contribution is 5.87. The Morgan fingerprint density at radius 2 is 1.86 bits per heavy atom. The number of hydrogen-bond acceptors (Lipinski definition) is 3. The molecule has 2 N–H and O–H groups in total. The molecule has 2 aromatic carbocycles. The molecule has 0 bridgehead atoms. The Morgan fingerprint density at radius 1 is 1.11 bits per heavy atom. The molecule has 0 heterocycles. The lowest BCUT2D eigenvalue weighted by molar-refractivity contribution is -0.128. The molecule has 4 nitrogen and oxygen atoms in total. The van der Waals surface area contributed by atoms with Gasteiger partial charge in [0.25, 0.3) is 0 Å². The van der Waals surface area contributed by atoms with E-state index in [2.05, 4.69) is 35.8 Å². The molecule has 1 atom stereocenters. The van der Waals surface area contributed by atoms with Gasteiger partial charge >= 0.3 is 0 Å². The maximum Gasteiger partial charge on any atom is 0.223 e. The highest BCUT2D eigenvalue weighted by Gasteiger charge is 2.27. The first-order chi connectivity index (χ1) is 13.7. The van der Waals surface area contributed by atoms with Crippen molar-refractivity contribution in [3.8, 4) is 0 Å². The Bertz CT molecular complexity index is 776. The van der Waals surface area contributed by atoms with Crippen molar-refractivity contribution in [2.24, 2.45) is 11.8 Å². The number of carbonyl (C=O) groups excluding carboxylic acids is 2. The van der Waals surface area contributed by atoms with Crippen LogP contribution in [0.25, 0.3) is 10.8 Å². The van der Waals surface area contributed by atoms with E-state index in [1.54, 1.807) is 0 Å². The Morgan fingerprint density at radius 3 is 2.61 bits per heavy atom. The van der Waals surface area contributed by atoms with Crippen LogP contribution in [0.2, 0.25) is 0 Å². The minimum absolute atomic E-state index is 0.0392. The summed E-state index contributed by atoms with van der Waals surface area (Å²) < 4.78 is 0. The van der Waals surface area contributed by atoms with Gasteiger partial charge in [0.2, 0.25) is 5.91 Å². The monoisotopic (exact) mass is 380 g/mol. The predicted molar refractivity (Wildman–Crippen MR) is 114 cm³/mol. The minimum Gasteiger partial charge on any atom is -0.346 e. The van der Waals surface area contributed by atoms with Gasteiger partial charge in [-0.15, -0.1) is 0 Å². The van der Waals surface area contributed by atoms with E-state index in [9.17, 15) is 9.59 Å². The average Bonchev–Trinajstić information content (AvgIpc) is 2.74. The first kappa shape index (κ1) is 20.5. The maximum absolute atomic E-state index is 12.7. The van der Waals surface area contributed by atoms with Crippen molar-refractivity contribution in [1.82, 2.24) is 10.6 Å². The molecule has 0 aromatic heterocycles. The van der Waals surface area contributed by atoms with Crippen molar-refractivity contribution in [3.63, 3.8) is 0 Å². The van der Waals surface area contributed by atoms with E-state index in [0.717, 1.165) is 67.8 Å². The second-order valence-electron chi connectivity index (χ2n) is 8.02. The van der Waals surface area contributed by atoms with Crippen LogP contribution in [-0.4, -0.2) is 31.3 Å². The number of aldehydes is 1. The van der Waals surface area contributed by atoms with Crippen LogP contribution < -0.4 is 10.6 Å². The summed E-state index contributed by atoms with van der Waals surface area (Å²) in [6.07, 6.45) is 6.58. The van der Waals surface area contributed by atoms with Crippen molar-refractivity contribution in [2.75, 3.05) is 13.1 Å². The highest BCUT2D eigenvalue weighted by Crippen LogP contribution is 2.28. The molecule has 1 amide bonds. The number of fused-ring (bicyclic) bond motifs is 1. The number of benzene rings is 2. The van der Waals surface area contributed by atoms with Gasteiger partial charge in [-0.25, -0.2) is 0 Å². The Kier molecular flexibility index (Phi) is 7.61. The van der Waals surface area contributed by atoms with Crippen LogP contribution in [0.4, 0.5) is 0 Å². The standard InChI is InChI=1S/C24H32N2O2/c1-2-14-25-16-18-10-12-20(13-11-18)24(28)26-22(17-27)15-21-8-5-7-19-6-3-4-9-23(19)21/h3-9,17-18,20,22,25H,2,10-16H2,1H3,(H,26,28).